The Morgan fingerprint density at radius 2 is 1.32 bits per heavy atom. The van der Waals surface area contributed by atoms with Crippen LogP contribution in [-0.4, -0.2) is 4.98 Å². The highest BCUT2D eigenvalue weighted by atomic mass is 32.1. The van der Waals surface area contributed by atoms with E-state index in [0.29, 0.717) is 0 Å². The highest BCUT2D eigenvalue weighted by Gasteiger charge is 2.20. The van der Waals surface area contributed by atoms with Gasteiger partial charge in [0, 0.05) is 16.3 Å². The lowest BCUT2D eigenvalue weighted by molar-refractivity contribution is 0.670. The summed E-state index contributed by atoms with van der Waals surface area (Å²) < 4.78 is 7.88. The van der Waals surface area contributed by atoms with E-state index in [9.17, 15) is 0 Å². The Morgan fingerprint density at radius 3 is 2.10 bits per heavy atom. The molecule has 3 heteroatoms. The molecule has 0 unspecified atom stereocenters. The van der Waals surface area contributed by atoms with Crippen molar-refractivity contribution in [3.05, 3.63) is 138 Å². The van der Waals surface area contributed by atoms with E-state index in [0.717, 1.165) is 51.0 Å². The molecule has 0 saturated heterocycles. The molecule has 0 radical (unpaired) electrons. The van der Waals surface area contributed by atoms with Crippen LogP contribution >= 0.6 is 11.3 Å². The lowest BCUT2D eigenvalue weighted by atomic mass is 9.89. The molecule has 0 bridgehead atoms. The zero-order valence-electron chi connectivity index (χ0n) is 21.8. The maximum atomic E-state index is 6.63. The van der Waals surface area contributed by atoms with Crippen molar-refractivity contribution in [3.63, 3.8) is 0 Å². The molecule has 190 valence electrons. The summed E-state index contributed by atoms with van der Waals surface area (Å²) >= 11 is 1.78. The zero-order chi connectivity index (χ0) is 26.5. The predicted octanol–water partition coefficient (Wildman–Crippen LogP) is 10.8. The van der Waals surface area contributed by atoms with Crippen LogP contribution in [0, 0.1) is 0 Å². The second kappa shape index (κ2) is 9.48. The highest BCUT2D eigenvalue weighted by Crippen LogP contribution is 2.44. The number of para-hydroxylation sites is 1. The number of furan rings is 1. The number of nitrogens with zero attached hydrogens (tertiary/aromatic N) is 1. The van der Waals surface area contributed by atoms with E-state index in [-0.39, 0.29) is 0 Å². The Hall–Kier alpha value is -4.73. The van der Waals surface area contributed by atoms with E-state index >= 15 is 0 Å². The molecule has 0 fully saturated rings. The van der Waals surface area contributed by atoms with Crippen molar-refractivity contribution in [1.29, 1.82) is 0 Å². The van der Waals surface area contributed by atoms with Crippen LogP contribution in [0.25, 0.3) is 65.6 Å². The third-order valence-electron chi connectivity index (χ3n) is 7.85. The van der Waals surface area contributed by atoms with Gasteiger partial charge < -0.3 is 4.42 Å². The number of aromatic nitrogens is 1. The fourth-order valence-corrected chi connectivity index (χ4v) is 6.89. The lowest BCUT2D eigenvalue weighted by Crippen LogP contribution is -1.94. The molecule has 5 aromatic carbocycles. The summed E-state index contributed by atoms with van der Waals surface area (Å²) in [5, 5.41) is 3.48. The van der Waals surface area contributed by atoms with Crippen molar-refractivity contribution in [2.45, 2.75) is 12.8 Å². The largest absolute Gasteiger partial charge is 0.455 e. The molecule has 1 aliphatic carbocycles. The smallest absolute Gasteiger partial charge is 0.143 e. The van der Waals surface area contributed by atoms with E-state index in [2.05, 4.69) is 127 Å². The fourth-order valence-electron chi connectivity index (χ4n) is 5.87. The molecule has 0 atom stereocenters. The van der Waals surface area contributed by atoms with Crippen LogP contribution < -0.4 is 0 Å². The summed E-state index contributed by atoms with van der Waals surface area (Å²) in [6.07, 6.45) is 6.50. The number of allylic oxidation sites excluding steroid dienone is 4. The standard InChI is InChI=1S/C37H25NOS/c1-3-10-24(11-4-1)28-22-30(25-12-5-2-6-13-25)36-31(23-28)35-29(14-9-16-33(35)39-36)26-18-20-27(21-19-26)37-38-32-15-7-8-17-34(32)40-37/h1-18,20,22-23H,19,21H2. The van der Waals surface area contributed by atoms with Crippen molar-refractivity contribution in [2.24, 2.45) is 0 Å². The first-order valence-corrected chi connectivity index (χ1v) is 14.5. The minimum atomic E-state index is 0.928. The normalized spacial score (nSPS) is 13.6. The monoisotopic (exact) mass is 531 g/mol. The van der Waals surface area contributed by atoms with Crippen LogP contribution in [-0.2, 0) is 0 Å². The molecule has 0 saturated carbocycles. The molecule has 40 heavy (non-hydrogen) atoms. The molecule has 0 spiro atoms. The van der Waals surface area contributed by atoms with Gasteiger partial charge in [-0.1, -0.05) is 97.1 Å². The Labute approximate surface area is 236 Å². The minimum absolute atomic E-state index is 0.928. The van der Waals surface area contributed by atoms with Gasteiger partial charge in [-0.3, -0.25) is 0 Å². The molecular weight excluding hydrogens is 506 g/mol. The van der Waals surface area contributed by atoms with Gasteiger partial charge in [0.2, 0.25) is 0 Å². The van der Waals surface area contributed by atoms with Crippen molar-refractivity contribution in [3.8, 4) is 22.3 Å². The van der Waals surface area contributed by atoms with E-state index in [1.54, 1.807) is 11.3 Å². The third kappa shape index (κ3) is 3.90. The number of hydrogen-bond donors (Lipinski definition) is 0. The maximum Gasteiger partial charge on any atom is 0.143 e. The topological polar surface area (TPSA) is 26.0 Å². The third-order valence-corrected chi connectivity index (χ3v) is 8.96. The molecule has 2 heterocycles. The van der Waals surface area contributed by atoms with Gasteiger partial charge in [0.25, 0.3) is 0 Å². The van der Waals surface area contributed by atoms with Crippen LogP contribution in [0.5, 0.6) is 0 Å². The van der Waals surface area contributed by atoms with Gasteiger partial charge in [0.15, 0.2) is 0 Å². The number of thiazole rings is 1. The lowest BCUT2D eigenvalue weighted by Gasteiger charge is -2.15. The average molecular weight is 532 g/mol. The summed E-state index contributed by atoms with van der Waals surface area (Å²) in [6, 6.07) is 40.6. The SMILES string of the molecule is C1=C(c2nc3ccccc3s2)CCC(c2cccc3oc4c(-c5ccccc5)cc(-c5ccccc5)cc4c23)=C1. The van der Waals surface area contributed by atoms with Gasteiger partial charge in [0.1, 0.15) is 16.2 Å². The van der Waals surface area contributed by atoms with Gasteiger partial charge in [-0.05, 0) is 76.6 Å². The molecule has 2 nitrogen and oxygen atoms in total. The van der Waals surface area contributed by atoms with Crippen molar-refractivity contribution < 1.29 is 4.42 Å². The maximum absolute atomic E-state index is 6.63. The zero-order valence-corrected chi connectivity index (χ0v) is 22.6. The van der Waals surface area contributed by atoms with Gasteiger partial charge in [-0.2, -0.15) is 0 Å². The van der Waals surface area contributed by atoms with Crippen molar-refractivity contribution in [2.75, 3.05) is 0 Å². The number of fused-ring (bicyclic) bond motifs is 4. The predicted molar refractivity (Wildman–Crippen MR) is 169 cm³/mol. The molecule has 0 amide bonds. The minimum Gasteiger partial charge on any atom is -0.455 e. The second-order valence-corrected chi connectivity index (χ2v) is 11.3. The first kappa shape index (κ1) is 23.2. The molecule has 2 aromatic heterocycles. The van der Waals surface area contributed by atoms with Crippen LogP contribution in [0.1, 0.15) is 23.4 Å². The van der Waals surface area contributed by atoms with Crippen molar-refractivity contribution in [1.82, 2.24) is 4.98 Å². The van der Waals surface area contributed by atoms with Crippen LogP contribution in [0.2, 0.25) is 0 Å². The summed E-state index contributed by atoms with van der Waals surface area (Å²) in [4.78, 5) is 4.90. The molecule has 8 rings (SSSR count). The Bertz CT molecular complexity index is 2060. The van der Waals surface area contributed by atoms with Gasteiger partial charge in [-0.25, -0.2) is 4.98 Å². The Morgan fingerprint density at radius 1 is 0.600 bits per heavy atom. The molecule has 1 aliphatic rings. The first-order chi connectivity index (χ1) is 19.8. The Kier molecular flexibility index (Phi) is 5.49. The summed E-state index contributed by atoms with van der Waals surface area (Å²) in [7, 11) is 0. The quantitative estimate of drug-likeness (QED) is 0.226. The van der Waals surface area contributed by atoms with E-state index in [1.165, 1.54) is 37.9 Å². The Balaban J connectivity index is 1.31. The summed E-state index contributed by atoms with van der Waals surface area (Å²) in [5.41, 5.74) is 11.5. The first-order valence-electron chi connectivity index (χ1n) is 13.7. The van der Waals surface area contributed by atoms with Crippen LogP contribution in [0.3, 0.4) is 0 Å². The summed E-state index contributed by atoms with van der Waals surface area (Å²) in [6.45, 7) is 0. The molecular formula is C37H25NOS. The van der Waals surface area contributed by atoms with Gasteiger partial charge >= 0.3 is 0 Å². The summed E-state index contributed by atoms with van der Waals surface area (Å²) in [5.74, 6) is 0. The van der Waals surface area contributed by atoms with Gasteiger partial charge in [0.05, 0.1) is 10.2 Å². The molecule has 0 N–H and O–H groups in total. The average Bonchev–Trinajstić information content (AvgIpc) is 3.63. The van der Waals surface area contributed by atoms with E-state index < -0.39 is 0 Å². The fraction of sp³-hybridized carbons (Fsp3) is 0.0541. The van der Waals surface area contributed by atoms with E-state index in [4.69, 9.17) is 9.40 Å². The van der Waals surface area contributed by atoms with E-state index in [1.807, 2.05) is 0 Å². The number of hydrogen-bond acceptors (Lipinski definition) is 3. The van der Waals surface area contributed by atoms with Gasteiger partial charge in [-0.15, -0.1) is 11.3 Å². The number of benzene rings is 5. The van der Waals surface area contributed by atoms with Crippen molar-refractivity contribution >= 4 is 54.6 Å². The second-order valence-electron chi connectivity index (χ2n) is 10.3. The molecule has 0 aliphatic heterocycles. The van der Waals surface area contributed by atoms with Crippen LogP contribution in [0.4, 0.5) is 0 Å². The number of rotatable bonds is 4. The van der Waals surface area contributed by atoms with Crippen LogP contribution in [0.15, 0.2) is 132 Å². The highest BCUT2D eigenvalue weighted by molar-refractivity contribution is 7.19. The molecule has 7 aromatic rings.